The summed E-state index contributed by atoms with van der Waals surface area (Å²) in [6.45, 7) is 3.26. The van der Waals surface area contributed by atoms with Crippen molar-refractivity contribution < 1.29 is 18.1 Å². The number of benzene rings is 3. The summed E-state index contributed by atoms with van der Waals surface area (Å²) in [5, 5.41) is 13.2. The molecule has 164 valence electrons. The molecule has 0 fully saturated rings. The van der Waals surface area contributed by atoms with E-state index in [4.69, 9.17) is 0 Å². The molecule has 8 heteroatoms. The van der Waals surface area contributed by atoms with Crippen LogP contribution < -0.4 is 10.6 Å². The standard InChI is InChI=1S/C23H21F3NO2P.H2S/c1-16-7-11-18(12-8-16)30(19-13-9-17(2)10-14-19)22(15-27(28)29)20-5-3-4-6-21(20)23(24,25)26;/h3-14,22H,15H2,1-2H3;1H2. The molecule has 0 spiro atoms. The van der Waals surface area contributed by atoms with Crippen molar-refractivity contribution in [3.05, 3.63) is 105 Å². The number of rotatable bonds is 6. The molecule has 1 atom stereocenters. The number of hydrogen-bond acceptors (Lipinski definition) is 2. The van der Waals surface area contributed by atoms with E-state index >= 15 is 0 Å². The number of halogens is 3. The van der Waals surface area contributed by atoms with Gasteiger partial charge in [-0.25, -0.2) is 0 Å². The molecule has 1 unspecified atom stereocenters. The predicted octanol–water partition coefficient (Wildman–Crippen LogP) is 5.89. The zero-order valence-electron chi connectivity index (χ0n) is 17.1. The van der Waals surface area contributed by atoms with E-state index in [0.29, 0.717) is 0 Å². The number of hydrogen-bond donors (Lipinski definition) is 0. The first-order valence-corrected chi connectivity index (χ1v) is 10.8. The molecule has 0 saturated heterocycles. The topological polar surface area (TPSA) is 43.1 Å². The van der Waals surface area contributed by atoms with Crippen molar-refractivity contribution in [2.75, 3.05) is 6.54 Å². The molecule has 3 aromatic carbocycles. The molecule has 0 amide bonds. The third-order valence-electron chi connectivity index (χ3n) is 4.88. The van der Waals surface area contributed by atoms with Gasteiger partial charge in [-0.15, -0.1) is 0 Å². The van der Waals surface area contributed by atoms with Crippen LogP contribution in [0.2, 0.25) is 0 Å². The van der Waals surface area contributed by atoms with Crippen molar-refractivity contribution in [2.45, 2.75) is 25.7 Å². The van der Waals surface area contributed by atoms with E-state index in [1.54, 1.807) is 0 Å². The van der Waals surface area contributed by atoms with Gasteiger partial charge in [0.05, 0.1) is 11.2 Å². The third-order valence-corrected chi connectivity index (χ3v) is 7.66. The molecular formula is C23H23F3NO2PS. The number of nitro groups is 1. The molecule has 0 N–H and O–H groups in total. The van der Waals surface area contributed by atoms with Gasteiger partial charge in [-0.1, -0.05) is 77.9 Å². The Morgan fingerprint density at radius 2 is 1.32 bits per heavy atom. The van der Waals surface area contributed by atoms with Crippen molar-refractivity contribution in [2.24, 2.45) is 0 Å². The van der Waals surface area contributed by atoms with E-state index in [1.807, 2.05) is 62.4 Å². The zero-order valence-corrected chi connectivity index (χ0v) is 19.0. The third kappa shape index (κ3) is 6.08. The van der Waals surface area contributed by atoms with Gasteiger partial charge in [0.15, 0.2) is 0 Å². The first kappa shape index (κ1) is 24.9. The second-order valence-electron chi connectivity index (χ2n) is 7.16. The second-order valence-corrected chi connectivity index (χ2v) is 9.55. The Morgan fingerprint density at radius 3 is 1.74 bits per heavy atom. The summed E-state index contributed by atoms with van der Waals surface area (Å²) in [4.78, 5) is 11.0. The van der Waals surface area contributed by atoms with Crippen LogP contribution in [0.1, 0.15) is 27.9 Å². The van der Waals surface area contributed by atoms with E-state index in [9.17, 15) is 23.3 Å². The average molecular weight is 465 g/mol. The van der Waals surface area contributed by atoms with Gasteiger partial charge in [0.25, 0.3) is 0 Å². The fourth-order valence-corrected chi connectivity index (χ4v) is 6.18. The Morgan fingerprint density at radius 1 is 0.871 bits per heavy atom. The Labute approximate surface area is 187 Å². The van der Waals surface area contributed by atoms with Crippen molar-refractivity contribution in [3.63, 3.8) is 0 Å². The summed E-state index contributed by atoms with van der Waals surface area (Å²) >= 11 is 0. The van der Waals surface area contributed by atoms with E-state index in [2.05, 4.69) is 0 Å². The average Bonchev–Trinajstić information content (AvgIpc) is 2.69. The summed E-state index contributed by atoms with van der Waals surface area (Å²) < 4.78 is 41.3. The van der Waals surface area contributed by atoms with Crippen molar-refractivity contribution in [3.8, 4) is 0 Å². The maximum atomic E-state index is 13.8. The molecule has 0 aliphatic rings. The minimum absolute atomic E-state index is 0. The van der Waals surface area contributed by atoms with Crippen molar-refractivity contribution in [1.29, 1.82) is 0 Å². The lowest BCUT2D eigenvalue weighted by atomic mass is 10.0. The Hall–Kier alpha value is -2.37. The van der Waals surface area contributed by atoms with Gasteiger partial charge in [-0.05, 0) is 44.0 Å². The summed E-state index contributed by atoms with van der Waals surface area (Å²) in [6.07, 6.45) is -4.59. The SMILES string of the molecule is Cc1ccc(P(c2ccc(C)cc2)C(C[N+](=O)[O-])c2ccccc2C(F)(F)F)cc1.S. The van der Waals surface area contributed by atoms with E-state index < -0.39 is 36.8 Å². The number of alkyl halides is 3. The summed E-state index contributed by atoms with van der Waals surface area (Å²) in [5.41, 5.74) is 0.258. The highest BCUT2D eigenvalue weighted by Gasteiger charge is 2.39. The molecule has 0 saturated carbocycles. The molecule has 0 aromatic heterocycles. The van der Waals surface area contributed by atoms with Crippen LogP contribution in [0.5, 0.6) is 0 Å². The maximum Gasteiger partial charge on any atom is 0.416 e. The zero-order chi connectivity index (χ0) is 21.9. The van der Waals surface area contributed by atoms with E-state index in [0.717, 1.165) is 27.8 Å². The fraction of sp³-hybridized carbons (Fsp3) is 0.217. The van der Waals surface area contributed by atoms with Crippen LogP contribution in [0.3, 0.4) is 0 Å². The first-order chi connectivity index (χ1) is 14.2. The van der Waals surface area contributed by atoms with Crippen molar-refractivity contribution >= 4 is 32.0 Å². The largest absolute Gasteiger partial charge is 0.416 e. The molecule has 3 rings (SSSR count). The summed E-state index contributed by atoms with van der Waals surface area (Å²) in [7, 11) is -1.45. The molecule has 0 bridgehead atoms. The highest BCUT2D eigenvalue weighted by molar-refractivity contribution is 7.73. The molecule has 3 aromatic rings. The Balaban J connectivity index is 0.00000341. The second kappa shape index (κ2) is 10.3. The molecule has 0 aliphatic heterocycles. The minimum Gasteiger partial charge on any atom is -0.265 e. The predicted molar refractivity (Wildman–Crippen MR) is 125 cm³/mol. The molecule has 0 aliphatic carbocycles. The molecule has 0 radical (unpaired) electrons. The molecule has 0 heterocycles. The van der Waals surface area contributed by atoms with Crippen LogP contribution in [-0.4, -0.2) is 11.5 Å². The van der Waals surface area contributed by atoms with E-state index in [1.165, 1.54) is 18.2 Å². The van der Waals surface area contributed by atoms with Gasteiger partial charge in [-0.3, -0.25) is 10.1 Å². The maximum absolute atomic E-state index is 13.8. The van der Waals surface area contributed by atoms with E-state index in [-0.39, 0.29) is 19.1 Å². The van der Waals surface area contributed by atoms with Crippen LogP contribution in [-0.2, 0) is 6.18 Å². The normalized spacial score (nSPS) is 12.3. The highest BCUT2D eigenvalue weighted by Crippen LogP contribution is 2.52. The Kier molecular flexibility index (Phi) is 8.27. The lowest BCUT2D eigenvalue weighted by Crippen LogP contribution is -2.24. The van der Waals surface area contributed by atoms with Gasteiger partial charge in [0, 0.05) is 4.92 Å². The lowest BCUT2D eigenvalue weighted by molar-refractivity contribution is -0.479. The lowest BCUT2D eigenvalue weighted by Gasteiger charge is -2.28. The summed E-state index contributed by atoms with van der Waals surface area (Å²) in [5.74, 6) is 0. The van der Waals surface area contributed by atoms with Crippen LogP contribution in [0, 0.1) is 24.0 Å². The fourth-order valence-electron chi connectivity index (χ4n) is 3.43. The first-order valence-electron chi connectivity index (χ1n) is 9.37. The van der Waals surface area contributed by atoms with Crippen LogP contribution in [0.4, 0.5) is 13.2 Å². The van der Waals surface area contributed by atoms with Crippen molar-refractivity contribution in [1.82, 2.24) is 0 Å². The van der Waals surface area contributed by atoms with Crippen LogP contribution >= 0.6 is 21.4 Å². The quantitative estimate of drug-likeness (QED) is 0.259. The summed E-state index contributed by atoms with van der Waals surface area (Å²) in [6, 6.07) is 20.2. The minimum atomic E-state index is -4.59. The van der Waals surface area contributed by atoms with Gasteiger partial charge in [0.1, 0.15) is 0 Å². The van der Waals surface area contributed by atoms with Gasteiger partial charge in [0.2, 0.25) is 6.54 Å². The smallest absolute Gasteiger partial charge is 0.265 e. The number of aryl methyl sites for hydroxylation is 2. The van der Waals surface area contributed by atoms with Gasteiger partial charge < -0.3 is 0 Å². The molecule has 3 nitrogen and oxygen atoms in total. The van der Waals surface area contributed by atoms with Crippen LogP contribution in [0.25, 0.3) is 0 Å². The highest BCUT2D eigenvalue weighted by atomic mass is 32.1. The monoisotopic (exact) mass is 465 g/mol. The molecular weight excluding hydrogens is 442 g/mol. The van der Waals surface area contributed by atoms with Gasteiger partial charge >= 0.3 is 6.18 Å². The number of nitrogens with zero attached hydrogens (tertiary/aromatic N) is 1. The van der Waals surface area contributed by atoms with Crippen LogP contribution in [0.15, 0.2) is 72.8 Å². The molecule has 31 heavy (non-hydrogen) atoms. The Bertz CT molecular complexity index is 979. The van der Waals surface area contributed by atoms with Gasteiger partial charge in [-0.2, -0.15) is 26.7 Å².